The Morgan fingerprint density at radius 3 is 2.63 bits per heavy atom. The van der Waals surface area contributed by atoms with E-state index in [1.54, 1.807) is 45.2 Å². The minimum Gasteiger partial charge on any atom is -0.495 e. The number of hydrogen-bond acceptors (Lipinski definition) is 11. The predicted octanol–water partition coefficient (Wildman–Crippen LogP) is 3.45. The fourth-order valence-electron chi connectivity index (χ4n) is 6.37. The second-order valence-electron chi connectivity index (χ2n) is 13.0. The minimum atomic E-state index is -1.82. The van der Waals surface area contributed by atoms with E-state index in [4.69, 9.17) is 35.3 Å². The van der Waals surface area contributed by atoms with E-state index in [0.29, 0.717) is 23.6 Å². The number of epoxide rings is 1. The summed E-state index contributed by atoms with van der Waals surface area (Å²) in [6, 6.07) is 3.57. The first-order valence-corrected chi connectivity index (χ1v) is 17.0. The van der Waals surface area contributed by atoms with Gasteiger partial charge in [0, 0.05) is 40.0 Å². The van der Waals surface area contributed by atoms with Gasteiger partial charge in [0.15, 0.2) is 5.72 Å². The van der Waals surface area contributed by atoms with Crippen LogP contribution in [0.15, 0.2) is 35.9 Å². The highest BCUT2D eigenvalue weighted by Gasteiger charge is 2.64. The molecule has 3 aliphatic rings. The van der Waals surface area contributed by atoms with Crippen molar-refractivity contribution in [3.63, 3.8) is 0 Å². The summed E-state index contributed by atoms with van der Waals surface area (Å²) < 4.78 is 28.9. The van der Waals surface area contributed by atoms with Crippen LogP contribution < -0.4 is 15.0 Å². The van der Waals surface area contributed by atoms with Gasteiger partial charge in [-0.25, -0.2) is 4.79 Å². The lowest BCUT2D eigenvalue weighted by molar-refractivity contribution is -0.157. The zero-order valence-corrected chi connectivity index (χ0v) is 30.5. The summed E-state index contributed by atoms with van der Waals surface area (Å²) in [6.45, 7) is 5.06. The number of aliphatic hydroxyl groups is 1. The first-order chi connectivity index (χ1) is 23.1. The van der Waals surface area contributed by atoms with E-state index >= 15 is 0 Å². The molecule has 3 aliphatic heterocycles. The van der Waals surface area contributed by atoms with Crippen molar-refractivity contribution < 1.29 is 48.0 Å². The zero-order valence-electron chi connectivity index (χ0n) is 28.9. The Kier molecular flexibility index (Phi) is 12.3. The molecule has 7 atom stereocenters. The molecule has 13 nitrogen and oxygen atoms in total. The average molecular weight is 724 g/mol. The molecule has 2 fully saturated rings. The fraction of sp³-hybridized carbons (Fsp3) is 0.588. The Bertz CT molecular complexity index is 1510. The number of fused-ring (bicyclic) bond motifs is 5. The highest BCUT2D eigenvalue weighted by Crippen LogP contribution is 2.49. The molecule has 2 N–H and O–H groups in total. The van der Waals surface area contributed by atoms with Gasteiger partial charge in [-0.15, -0.1) is 0 Å². The summed E-state index contributed by atoms with van der Waals surface area (Å²) in [7, 11) is 5.96. The van der Waals surface area contributed by atoms with E-state index in [1.165, 1.54) is 31.1 Å². The summed E-state index contributed by atoms with van der Waals surface area (Å²) in [4.78, 5) is 54.9. The van der Waals surface area contributed by atoms with Gasteiger partial charge >= 0.3 is 12.1 Å². The number of hydrogen-bond donors (Lipinski definition) is 3. The van der Waals surface area contributed by atoms with Crippen molar-refractivity contribution in [3.8, 4) is 5.75 Å². The van der Waals surface area contributed by atoms with Gasteiger partial charge in [0.25, 0.3) is 0 Å². The maximum atomic E-state index is 14.0. The maximum Gasteiger partial charge on any atom is 0.409 e. The van der Waals surface area contributed by atoms with E-state index < -0.39 is 59.6 Å². The number of rotatable bonds is 7. The van der Waals surface area contributed by atoms with Crippen molar-refractivity contribution in [2.45, 2.75) is 82.2 Å². The standard InChI is InChI=1S/C34H46ClN3O10S/c1-19-9-8-10-25(45-7)34(43)17-24(46-32(42)36-34)20(2)31-33(3,48-31)26(47-29(41)18-37(4)27(39)11-12-49)16-28(40)38(5)22-14-21(13-19)15-23(44-6)30(22)35/h8-10,14-15,20,24-26,31,43,49H,11-13,16-18H2,1-7H3,(H,36,42)/b10-8-,19-9+/t20-,24+,25+,26+,31+,33+,34+/m1/s1. The second kappa shape index (κ2) is 15.7. The number of methoxy groups -OCH3 is 2. The summed E-state index contributed by atoms with van der Waals surface area (Å²) in [6.07, 6.45) is 1.14. The Balaban J connectivity index is 1.76. The van der Waals surface area contributed by atoms with Crippen LogP contribution in [0.5, 0.6) is 5.75 Å². The number of ether oxygens (including phenoxy) is 5. The summed E-state index contributed by atoms with van der Waals surface area (Å²) in [5.41, 5.74) is -0.881. The Hall–Kier alpha value is -3.30. The number of likely N-dealkylation sites (N-methyl/N-ethyl adjacent to an activating group) is 1. The van der Waals surface area contributed by atoms with E-state index in [-0.39, 0.29) is 36.7 Å². The number of carbonyl (C=O) groups is 4. The van der Waals surface area contributed by atoms with Crippen LogP contribution >= 0.6 is 24.2 Å². The number of amides is 3. The van der Waals surface area contributed by atoms with Gasteiger partial charge in [-0.05, 0) is 43.7 Å². The lowest BCUT2D eigenvalue weighted by Crippen LogP contribution is -2.63. The third-order valence-electron chi connectivity index (χ3n) is 9.34. The van der Waals surface area contributed by atoms with E-state index in [9.17, 15) is 24.3 Å². The number of alkyl carbamates (subject to hydrolysis) is 1. The van der Waals surface area contributed by atoms with E-state index in [0.717, 1.165) is 11.1 Å². The molecule has 3 amide bonds. The number of nitrogens with zero attached hydrogens (tertiary/aromatic N) is 2. The molecule has 0 aliphatic carbocycles. The highest BCUT2D eigenvalue weighted by atomic mass is 35.5. The summed E-state index contributed by atoms with van der Waals surface area (Å²) >= 11 is 10.8. The lowest BCUT2D eigenvalue weighted by atomic mass is 9.83. The molecular formula is C34H46ClN3O10S. The number of anilines is 1. The van der Waals surface area contributed by atoms with E-state index in [2.05, 4.69) is 17.9 Å². The largest absolute Gasteiger partial charge is 0.495 e. The van der Waals surface area contributed by atoms with Gasteiger partial charge in [0.2, 0.25) is 11.8 Å². The third-order valence-corrected chi connectivity index (χ3v) is 9.95. The van der Waals surface area contributed by atoms with Crippen LogP contribution in [0.25, 0.3) is 0 Å². The molecule has 0 unspecified atom stereocenters. The number of nitrogens with one attached hydrogen (secondary N) is 1. The molecular weight excluding hydrogens is 678 g/mol. The number of thiol groups is 1. The van der Waals surface area contributed by atoms with Crippen LogP contribution in [0, 0.1) is 5.92 Å². The van der Waals surface area contributed by atoms with Gasteiger partial charge in [-0.2, -0.15) is 12.6 Å². The number of benzene rings is 1. The fourth-order valence-corrected chi connectivity index (χ4v) is 6.87. The van der Waals surface area contributed by atoms with Crippen molar-refractivity contribution in [1.29, 1.82) is 0 Å². The second-order valence-corrected chi connectivity index (χ2v) is 13.8. The number of carbonyl (C=O) groups excluding carboxylic acids is 4. The molecule has 1 aromatic carbocycles. The van der Waals surface area contributed by atoms with Crippen molar-refractivity contribution in [1.82, 2.24) is 10.2 Å². The Morgan fingerprint density at radius 2 is 1.98 bits per heavy atom. The van der Waals surface area contributed by atoms with Crippen LogP contribution in [-0.2, 0) is 39.8 Å². The SMILES string of the molecule is COc1cc2cc(c1Cl)N(C)C(=O)C[C@H](OC(=O)CN(C)C(=O)CCS)[C@]1(C)O[C@H]1[C@H](C)[C@@H]1C[C@@](O)(NC(=O)O1)[C@@H](OC)/C=C\C=C(/C)C2. The first kappa shape index (κ1) is 38.5. The average Bonchev–Trinajstić information content (AvgIpc) is 3.74. The first-order valence-electron chi connectivity index (χ1n) is 16.0. The molecule has 2 saturated heterocycles. The number of esters is 1. The van der Waals surface area contributed by atoms with Gasteiger partial charge in [0.05, 0.1) is 25.3 Å². The monoisotopic (exact) mass is 723 g/mol. The van der Waals surface area contributed by atoms with Gasteiger partial charge in [-0.3, -0.25) is 19.7 Å². The van der Waals surface area contributed by atoms with Crippen molar-refractivity contribution >= 4 is 53.8 Å². The molecule has 0 saturated carbocycles. The van der Waals surface area contributed by atoms with Crippen molar-refractivity contribution in [2.24, 2.45) is 5.92 Å². The molecule has 15 heteroatoms. The topological polar surface area (TPSA) is 156 Å². The molecule has 4 rings (SSSR count). The Labute approximate surface area is 297 Å². The molecule has 0 aromatic heterocycles. The molecule has 0 spiro atoms. The minimum absolute atomic E-state index is 0.0459. The van der Waals surface area contributed by atoms with Gasteiger partial charge < -0.3 is 38.6 Å². The van der Waals surface area contributed by atoms with Crippen LogP contribution in [0.1, 0.15) is 45.6 Å². The van der Waals surface area contributed by atoms with Crippen LogP contribution in [0.2, 0.25) is 5.02 Å². The smallest absolute Gasteiger partial charge is 0.409 e. The quantitative estimate of drug-likeness (QED) is 0.216. The van der Waals surface area contributed by atoms with E-state index in [1.807, 2.05) is 13.0 Å². The van der Waals surface area contributed by atoms with Crippen molar-refractivity contribution in [3.05, 3.63) is 46.5 Å². The summed E-state index contributed by atoms with van der Waals surface area (Å²) in [5, 5.41) is 14.4. The number of halogens is 1. The predicted molar refractivity (Wildman–Crippen MR) is 185 cm³/mol. The lowest BCUT2D eigenvalue weighted by Gasteiger charge is -2.42. The zero-order chi connectivity index (χ0) is 36.3. The normalized spacial score (nSPS) is 32.1. The molecule has 270 valence electrons. The molecule has 1 aromatic rings. The van der Waals surface area contributed by atoms with Gasteiger partial charge in [-0.1, -0.05) is 42.3 Å². The molecule has 49 heavy (non-hydrogen) atoms. The van der Waals surface area contributed by atoms with Crippen molar-refractivity contribution in [2.75, 3.05) is 45.5 Å². The molecule has 4 bridgehead atoms. The van der Waals surface area contributed by atoms with Crippen LogP contribution in [0.4, 0.5) is 10.5 Å². The molecule has 0 radical (unpaired) electrons. The van der Waals surface area contributed by atoms with Crippen LogP contribution in [-0.4, -0.2) is 110 Å². The highest BCUT2D eigenvalue weighted by molar-refractivity contribution is 7.80. The molecule has 3 heterocycles. The Morgan fingerprint density at radius 1 is 1.27 bits per heavy atom. The number of allylic oxidation sites excluding steroid dienone is 3. The van der Waals surface area contributed by atoms with Gasteiger partial charge in [0.1, 0.15) is 41.2 Å². The third kappa shape index (κ3) is 8.72. The van der Waals surface area contributed by atoms with Crippen LogP contribution in [0.3, 0.4) is 0 Å². The maximum absolute atomic E-state index is 14.0. The summed E-state index contributed by atoms with van der Waals surface area (Å²) in [5.74, 6) is -1.29.